The van der Waals surface area contributed by atoms with Crippen LogP contribution < -0.4 is 4.90 Å². The Labute approximate surface area is 183 Å². The van der Waals surface area contributed by atoms with Gasteiger partial charge in [-0.1, -0.05) is 11.8 Å². The van der Waals surface area contributed by atoms with Crippen LogP contribution in [0.1, 0.15) is 43.7 Å². The summed E-state index contributed by atoms with van der Waals surface area (Å²) >= 11 is 3.38. The molecule has 2 aliphatic rings. The van der Waals surface area contributed by atoms with Crippen molar-refractivity contribution in [2.24, 2.45) is 0 Å². The third-order valence-electron chi connectivity index (χ3n) is 6.51. The molecule has 5 heterocycles. The second-order valence-electron chi connectivity index (χ2n) is 8.28. The summed E-state index contributed by atoms with van der Waals surface area (Å²) in [6, 6.07) is 4.47. The third kappa shape index (κ3) is 2.78. The molecule has 1 saturated heterocycles. The lowest BCUT2D eigenvalue weighted by atomic mass is 10.0. The number of fused-ring (bicyclic) bond motifs is 5. The van der Waals surface area contributed by atoms with Gasteiger partial charge < -0.3 is 9.32 Å². The van der Waals surface area contributed by atoms with Crippen molar-refractivity contribution in [1.82, 2.24) is 15.0 Å². The van der Waals surface area contributed by atoms with E-state index in [4.69, 9.17) is 19.4 Å². The molecule has 4 aromatic rings. The lowest BCUT2D eigenvalue weighted by molar-refractivity contribution is 0.481. The molecule has 6 rings (SSSR count). The Morgan fingerprint density at radius 1 is 1.13 bits per heavy atom. The van der Waals surface area contributed by atoms with Crippen molar-refractivity contribution in [2.45, 2.75) is 56.6 Å². The van der Waals surface area contributed by atoms with E-state index in [0.29, 0.717) is 6.04 Å². The van der Waals surface area contributed by atoms with Crippen LogP contribution in [0.2, 0.25) is 0 Å². The largest absolute Gasteiger partial charge is 0.463 e. The van der Waals surface area contributed by atoms with Crippen LogP contribution in [-0.2, 0) is 12.8 Å². The number of aromatic nitrogens is 3. The summed E-state index contributed by atoms with van der Waals surface area (Å²) < 4.78 is 6.93. The smallest absolute Gasteiger partial charge is 0.189 e. The van der Waals surface area contributed by atoms with Gasteiger partial charge >= 0.3 is 0 Å². The number of furan rings is 1. The van der Waals surface area contributed by atoms with Crippen molar-refractivity contribution in [3.8, 4) is 11.5 Å². The topological polar surface area (TPSA) is 55.1 Å². The average Bonchev–Trinajstić information content (AvgIpc) is 3.51. The van der Waals surface area contributed by atoms with Crippen molar-refractivity contribution < 1.29 is 4.42 Å². The van der Waals surface area contributed by atoms with Gasteiger partial charge in [0, 0.05) is 18.0 Å². The zero-order chi connectivity index (χ0) is 20.2. The van der Waals surface area contributed by atoms with Crippen LogP contribution in [0.3, 0.4) is 0 Å². The normalized spacial score (nSPS) is 19.1. The van der Waals surface area contributed by atoms with E-state index in [1.165, 1.54) is 40.5 Å². The lowest BCUT2D eigenvalue weighted by Crippen LogP contribution is -2.38. The van der Waals surface area contributed by atoms with Gasteiger partial charge in [0.05, 0.1) is 16.5 Å². The number of piperidine rings is 1. The van der Waals surface area contributed by atoms with Crippen molar-refractivity contribution in [3.05, 3.63) is 29.5 Å². The maximum absolute atomic E-state index is 5.74. The molecule has 1 aliphatic carbocycles. The molecular formula is C23H24N4OS2. The van der Waals surface area contributed by atoms with E-state index in [-0.39, 0.29) is 0 Å². The molecular weight excluding hydrogens is 412 g/mol. The molecule has 0 radical (unpaired) electrons. The first-order chi connectivity index (χ1) is 14.7. The molecule has 0 N–H and O–H groups in total. The van der Waals surface area contributed by atoms with E-state index in [1.54, 1.807) is 29.4 Å². The van der Waals surface area contributed by atoms with Gasteiger partial charge in [0.2, 0.25) is 0 Å². The molecule has 0 aromatic carbocycles. The first-order valence-electron chi connectivity index (χ1n) is 10.7. The Morgan fingerprint density at radius 3 is 2.83 bits per heavy atom. The Hall–Kier alpha value is -2.12. The fourth-order valence-corrected chi connectivity index (χ4v) is 6.56. The molecule has 0 bridgehead atoms. The van der Waals surface area contributed by atoms with Crippen LogP contribution in [0.15, 0.2) is 28.0 Å². The minimum absolute atomic E-state index is 0.508. The first-order valence-corrected chi connectivity index (χ1v) is 12.8. The molecule has 0 amide bonds. The van der Waals surface area contributed by atoms with E-state index >= 15 is 0 Å². The van der Waals surface area contributed by atoms with Crippen LogP contribution in [0.25, 0.3) is 31.9 Å². The van der Waals surface area contributed by atoms with E-state index in [0.717, 1.165) is 58.6 Å². The van der Waals surface area contributed by atoms with E-state index in [9.17, 15) is 0 Å². The molecule has 1 fully saturated rings. The van der Waals surface area contributed by atoms with E-state index in [2.05, 4.69) is 18.1 Å². The fourth-order valence-electron chi connectivity index (χ4n) is 5.05. The number of rotatable bonds is 3. The molecule has 0 saturated carbocycles. The highest BCUT2D eigenvalue weighted by molar-refractivity contribution is 7.98. The van der Waals surface area contributed by atoms with Crippen molar-refractivity contribution in [1.29, 1.82) is 0 Å². The Kier molecular flexibility index (Phi) is 4.49. The molecule has 0 spiro atoms. The minimum atomic E-state index is 0.508. The van der Waals surface area contributed by atoms with Gasteiger partial charge in [-0.2, -0.15) is 0 Å². The van der Waals surface area contributed by atoms with Crippen molar-refractivity contribution >= 4 is 49.3 Å². The van der Waals surface area contributed by atoms with Gasteiger partial charge in [0.15, 0.2) is 16.7 Å². The monoisotopic (exact) mass is 436 g/mol. The summed E-state index contributed by atoms with van der Waals surface area (Å²) in [4.78, 5) is 18.7. The molecule has 1 aliphatic heterocycles. The lowest BCUT2D eigenvalue weighted by Gasteiger charge is -2.34. The number of aryl methyl sites for hydroxylation is 1. The maximum Gasteiger partial charge on any atom is 0.189 e. The van der Waals surface area contributed by atoms with Crippen LogP contribution >= 0.6 is 23.1 Å². The van der Waals surface area contributed by atoms with Gasteiger partial charge in [-0.15, -0.1) is 11.3 Å². The zero-order valence-electron chi connectivity index (χ0n) is 17.3. The Morgan fingerprint density at radius 2 is 2.03 bits per heavy atom. The van der Waals surface area contributed by atoms with Gasteiger partial charge in [-0.25, -0.2) is 15.0 Å². The predicted octanol–water partition coefficient (Wildman–Crippen LogP) is 6.09. The van der Waals surface area contributed by atoms with Gasteiger partial charge in [0.1, 0.15) is 10.5 Å². The van der Waals surface area contributed by atoms with Crippen LogP contribution in [0.4, 0.5) is 5.82 Å². The summed E-state index contributed by atoms with van der Waals surface area (Å²) in [6.45, 7) is 3.39. The highest BCUT2D eigenvalue weighted by Crippen LogP contribution is 2.45. The number of anilines is 1. The number of pyridine rings is 1. The average molecular weight is 437 g/mol. The molecule has 5 nitrogen and oxygen atoms in total. The van der Waals surface area contributed by atoms with Crippen molar-refractivity contribution in [2.75, 3.05) is 17.7 Å². The number of thiophene rings is 1. The number of hydrogen-bond donors (Lipinski definition) is 0. The highest BCUT2D eigenvalue weighted by atomic mass is 32.2. The standard InChI is InChI=1S/C23H24N4OS2/c1-13-7-3-4-11-27(13)21-20-19(25-23(26-21)29-2)17-14-8-5-9-15(14)18(24-22(17)30-20)16-10-6-12-28-16/h6,10,12-13H,3-5,7-9,11H2,1-2H3/t13-/m0/s1. The Balaban J connectivity index is 1.66. The zero-order valence-corrected chi connectivity index (χ0v) is 18.9. The fraction of sp³-hybridized carbons (Fsp3) is 0.435. The number of nitrogens with zero attached hydrogens (tertiary/aromatic N) is 4. The van der Waals surface area contributed by atoms with Gasteiger partial charge in [-0.05, 0) is 75.0 Å². The third-order valence-corrected chi connectivity index (χ3v) is 8.12. The molecule has 1 atom stereocenters. The highest BCUT2D eigenvalue weighted by Gasteiger charge is 2.29. The summed E-state index contributed by atoms with van der Waals surface area (Å²) in [5, 5.41) is 2.11. The minimum Gasteiger partial charge on any atom is -0.463 e. The molecule has 7 heteroatoms. The molecule has 154 valence electrons. The van der Waals surface area contributed by atoms with E-state index < -0.39 is 0 Å². The van der Waals surface area contributed by atoms with Crippen LogP contribution in [0, 0.1) is 0 Å². The molecule has 4 aromatic heterocycles. The maximum atomic E-state index is 5.74. The van der Waals surface area contributed by atoms with Gasteiger partial charge in [-0.3, -0.25) is 0 Å². The summed E-state index contributed by atoms with van der Waals surface area (Å²) in [7, 11) is 0. The van der Waals surface area contributed by atoms with Crippen LogP contribution in [0.5, 0.6) is 0 Å². The number of hydrogen-bond acceptors (Lipinski definition) is 7. The number of thioether (sulfide) groups is 1. The summed E-state index contributed by atoms with van der Waals surface area (Å²) in [5.74, 6) is 1.97. The van der Waals surface area contributed by atoms with Gasteiger partial charge in [0.25, 0.3) is 0 Å². The summed E-state index contributed by atoms with van der Waals surface area (Å²) in [6.07, 6.45) is 10.9. The Bertz CT molecular complexity index is 1250. The first kappa shape index (κ1) is 18.6. The predicted molar refractivity (Wildman–Crippen MR) is 125 cm³/mol. The second-order valence-corrected chi connectivity index (χ2v) is 10.1. The van der Waals surface area contributed by atoms with E-state index in [1.807, 2.05) is 12.1 Å². The summed E-state index contributed by atoms with van der Waals surface area (Å²) in [5.41, 5.74) is 4.87. The SMILES string of the molecule is CSc1nc(N2CCCC[C@@H]2C)c2sc3nc(-c4ccco4)c4c(c3c2n1)CCC4. The van der Waals surface area contributed by atoms with Crippen LogP contribution in [-0.4, -0.2) is 33.8 Å². The second kappa shape index (κ2) is 7.24. The quantitative estimate of drug-likeness (QED) is 0.286. The molecule has 30 heavy (non-hydrogen) atoms. The molecule has 0 unspecified atom stereocenters. The van der Waals surface area contributed by atoms with Crippen molar-refractivity contribution in [3.63, 3.8) is 0 Å².